The van der Waals surface area contributed by atoms with Gasteiger partial charge in [-0.15, -0.1) is 0 Å². The van der Waals surface area contributed by atoms with E-state index in [0.717, 1.165) is 24.7 Å². The first kappa shape index (κ1) is 10.7. The molecule has 3 nitrogen and oxygen atoms in total. The van der Waals surface area contributed by atoms with Crippen molar-refractivity contribution in [2.45, 2.75) is 45.1 Å². The highest BCUT2D eigenvalue weighted by molar-refractivity contribution is 4.94. The van der Waals surface area contributed by atoms with E-state index in [1.54, 1.807) is 6.26 Å². The van der Waals surface area contributed by atoms with Crippen LogP contribution in [0.25, 0.3) is 0 Å². The van der Waals surface area contributed by atoms with Crippen LogP contribution in [0.3, 0.4) is 0 Å². The van der Waals surface area contributed by atoms with Gasteiger partial charge in [0.1, 0.15) is 6.26 Å². The Labute approximate surface area is 91.2 Å². The lowest BCUT2D eigenvalue weighted by atomic mass is 10.0. The molecule has 0 saturated heterocycles. The van der Waals surface area contributed by atoms with Gasteiger partial charge in [0, 0.05) is 12.6 Å². The van der Waals surface area contributed by atoms with Crippen LogP contribution in [0.2, 0.25) is 0 Å². The Morgan fingerprint density at radius 1 is 1.27 bits per heavy atom. The minimum Gasteiger partial charge on any atom is -0.364 e. The molecule has 2 rings (SSSR count). The summed E-state index contributed by atoms with van der Waals surface area (Å²) in [5.41, 5.74) is 1.00. The van der Waals surface area contributed by atoms with Crippen LogP contribution in [-0.2, 0) is 6.54 Å². The highest BCUT2D eigenvalue weighted by Crippen LogP contribution is 2.22. The van der Waals surface area contributed by atoms with Gasteiger partial charge >= 0.3 is 0 Å². The summed E-state index contributed by atoms with van der Waals surface area (Å²) in [5, 5.41) is 7.34. The second kappa shape index (κ2) is 5.91. The molecule has 0 amide bonds. The SMILES string of the molecule is c1cc(CNCC2CCCCCC2)no1. The Morgan fingerprint density at radius 3 is 2.73 bits per heavy atom. The molecule has 0 spiro atoms. The first-order chi connectivity index (χ1) is 7.45. The van der Waals surface area contributed by atoms with Crippen molar-refractivity contribution in [2.75, 3.05) is 6.54 Å². The largest absolute Gasteiger partial charge is 0.364 e. The molecule has 1 aliphatic carbocycles. The molecule has 0 radical (unpaired) electrons. The van der Waals surface area contributed by atoms with E-state index in [0.29, 0.717) is 0 Å². The summed E-state index contributed by atoms with van der Waals surface area (Å²) in [6.07, 6.45) is 10.1. The molecule has 0 unspecified atom stereocenters. The molecule has 0 bridgehead atoms. The predicted octanol–water partition coefficient (Wildman–Crippen LogP) is 2.73. The Morgan fingerprint density at radius 2 is 2.07 bits per heavy atom. The summed E-state index contributed by atoms with van der Waals surface area (Å²) < 4.78 is 4.79. The van der Waals surface area contributed by atoms with Gasteiger partial charge in [0.25, 0.3) is 0 Å². The smallest absolute Gasteiger partial charge is 0.124 e. The molecular weight excluding hydrogens is 188 g/mol. The van der Waals surface area contributed by atoms with Crippen LogP contribution >= 0.6 is 0 Å². The molecule has 1 N–H and O–H groups in total. The summed E-state index contributed by atoms with van der Waals surface area (Å²) in [6, 6.07) is 1.92. The van der Waals surface area contributed by atoms with Crippen LogP contribution < -0.4 is 5.32 Å². The summed E-state index contributed by atoms with van der Waals surface area (Å²) in [4.78, 5) is 0. The van der Waals surface area contributed by atoms with Crippen molar-refractivity contribution >= 4 is 0 Å². The molecule has 0 aromatic carbocycles. The number of hydrogen-bond acceptors (Lipinski definition) is 3. The Hall–Kier alpha value is -0.830. The van der Waals surface area contributed by atoms with Crippen LogP contribution in [0, 0.1) is 5.92 Å². The maximum Gasteiger partial charge on any atom is 0.124 e. The van der Waals surface area contributed by atoms with Gasteiger partial charge in [0.15, 0.2) is 0 Å². The van der Waals surface area contributed by atoms with E-state index in [1.165, 1.54) is 38.5 Å². The molecule has 1 heterocycles. The van der Waals surface area contributed by atoms with Crippen LogP contribution in [-0.4, -0.2) is 11.7 Å². The number of hydrogen-bond donors (Lipinski definition) is 1. The van der Waals surface area contributed by atoms with Crippen molar-refractivity contribution in [1.29, 1.82) is 0 Å². The van der Waals surface area contributed by atoms with Gasteiger partial charge < -0.3 is 9.84 Å². The molecule has 1 saturated carbocycles. The van der Waals surface area contributed by atoms with E-state index in [-0.39, 0.29) is 0 Å². The van der Waals surface area contributed by atoms with Crippen molar-refractivity contribution in [2.24, 2.45) is 5.92 Å². The van der Waals surface area contributed by atoms with Crippen molar-refractivity contribution in [3.05, 3.63) is 18.0 Å². The van der Waals surface area contributed by atoms with Gasteiger partial charge in [-0.05, 0) is 25.3 Å². The van der Waals surface area contributed by atoms with E-state index in [4.69, 9.17) is 4.52 Å². The average molecular weight is 208 g/mol. The maximum absolute atomic E-state index is 4.79. The van der Waals surface area contributed by atoms with E-state index >= 15 is 0 Å². The Balaban J connectivity index is 1.64. The van der Waals surface area contributed by atoms with Crippen LogP contribution in [0.15, 0.2) is 16.9 Å². The third-order valence-electron chi connectivity index (χ3n) is 3.21. The zero-order valence-corrected chi connectivity index (χ0v) is 9.24. The second-order valence-electron chi connectivity index (χ2n) is 4.48. The first-order valence-corrected chi connectivity index (χ1v) is 6.05. The van der Waals surface area contributed by atoms with E-state index in [9.17, 15) is 0 Å². The number of nitrogens with zero attached hydrogens (tertiary/aromatic N) is 1. The summed E-state index contributed by atoms with van der Waals surface area (Å²) in [7, 11) is 0. The molecule has 1 aromatic rings. The molecule has 1 aromatic heterocycles. The second-order valence-corrected chi connectivity index (χ2v) is 4.48. The van der Waals surface area contributed by atoms with E-state index < -0.39 is 0 Å². The van der Waals surface area contributed by atoms with Gasteiger partial charge in [0.2, 0.25) is 0 Å². The summed E-state index contributed by atoms with van der Waals surface area (Å²) in [5.74, 6) is 0.874. The third kappa shape index (κ3) is 3.67. The van der Waals surface area contributed by atoms with Crippen molar-refractivity contribution < 1.29 is 4.52 Å². The zero-order valence-electron chi connectivity index (χ0n) is 9.24. The van der Waals surface area contributed by atoms with Crippen LogP contribution in [0.1, 0.15) is 44.2 Å². The Bertz CT molecular complexity index is 251. The predicted molar refractivity (Wildman–Crippen MR) is 59.4 cm³/mol. The van der Waals surface area contributed by atoms with Crippen molar-refractivity contribution in [3.63, 3.8) is 0 Å². The maximum atomic E-state index is 4.79. The van der Waals surface area contributed by atoms with Gasteiger partial charge in [-0.2, -0.15) is 0 Å². The lowest BCUT2D eigenvalue weighted by Crippen LogP contribution is -2.22. The van der Waals surface area contributed by atoms with Gasteiger partial charge in [-0.1, -0.05) is 30.8 Å². The van der Waals surface area contributed by atoms with Gasteiger partial charge in [-0.25, -0.2) is 0 Å². The fourth-order valence-electron chi connectivity index (χ4n) is 2.30. The third-order valence-corrected chi connectivity index (χ3v) is 3.21. The van der Waals surface area contributed by atoms with Gasteiger partial charge in [-0.3, -0.25) is 0 Å². The molecule has 1 aliphatic rings. The summed E-state index contributed by atoms with van der Waals surface area (Å²) in [6.45, 7) is 1.97. The molecule has 0 aliphatic heterocycles. The van der Waals surface area contributed by atoms with Gasteiger partial charge in [0.05, 0.1) is 5.69 Å². The number of aromatic nitrogens is 1. The molecule has 84 valence electrons. The van der Waals surface area contributed by atoms with E-state index in [1.807, 2.05) is 6.07 Å². The molecule has 0 atom stereocenters. The van der Waals surface area contributed by atoms with Crippen LogP contribution in [0.5, 0.6) is 0 Å². The molecule has 3 heteroatoms. The molecular formula is C12H20N2O. The average Bonchev–Trinajstić information content (AvgIpc) is 2.62. The van der Waals surface area contributed by atoms with E-state index in [2.05, 4.69) is 10.5 Å². The highest BCUT2D eigenvalue weighted by Gasteiger charge is 2.11. The molecule has 1 fully saturated rings. The quantitative estimate of drug-likeness (QED) is 0.773. The fourth-order valence-corrected chi connectivity index (χ4v) is 2.30. The molecule has 15 heavy (non-hydrogen) atoms. The van der Waals surface area contributed by atoms with Crippen molar-refractivity contribution in [1.82, 2.24) is 10.5 Å². The minimum absolute atomic E-state index is 0.840. The highest BCUT2D eigenvalue weighted by atomic mass is 16.5. The van der Waals surface area contributed by atoms with Crippen LogP contribution in [0.4, 0.5) is 0 Å². The lowest BCUT2D eigenvalue weighted by molar-refractivity contribution is 0.397. The summed E-state index contributed by atoms with van der Waals surface area (Å²) >= 11 is 0. The normalized spacial score (nSPS) is 18.9. The lowest BCUT2D eigenvalue weighted by Gasteiger charge is -2.13. The number of rotatable bonds is 4. The van der Waals surface area contributed by atoms with Crippen molar-refractivity contribution in [3.8, 4) is 0 Å². The fraction of sp³-hybridized carbons (Fsp3) is 0.750. The Kier molecular flexibility index (Phi) is 4.21. The number of nitrogens with one attached hydrogen (secondary N) is 1. The minimum atomic E-state index is 0.840. The topological polar surface area (TPSA) is 38.1 Å². The zero-order chi connectivity index (χ0) is 10.3. The monoisotopic (exact) mass is 208 g/mol. The standard InChI is InChI=1S/C12H20N2O/c1-2-4-6-11(5-3-1)9-13-10-12-7-8-15-14-12/h7-8,11,13H,1-6,9-10H2. The first-order valence-electron chi connectivity index (χ1n) is 6.05.